The lowest BCUT2D eigenvalue weighted by atomic mass is 10.0. The molecule has 6 nitrogen and oxygen atoms in total. The van der Waals surface area contributed by atoms with Gasteiger partial charge < -0.3 is 5.32 Å². The average molecular weight is 250 g/mol. The van der Waals surface area contributed by atoms with Crippen molar-refractivity contribution >= 4 is 17.6 Å². The zero-order valence-electron chi connectivity index (χ0n) is 10.9. The minimum Gasteiger partial charge on any atom is -0.343 e. The van der Waals surface area contributed by atoms with Crippen molar-refractivity contribution in [3.63, 3.8) is 0 Å². The minimum atomic E-state index is -0.437. The molecule has 0 aliphatic carbocycles. The Hall–Kier alpha value is -1.85. The second-order valence-electron chi connectivity index (χ2n) is 5.02. The van der Waals surface area contributed by atoms with Gasteiger partial charge in [0.2, 0.25) is 5.91 Å². The van der Waals surface area contributed by atoms with Gasteiger partial charge >= 0.3 is 0 Å². The molecule has 1 aliphatic rings. The van der Waals surface area contributed by atoms with Crippen molar-refractivity contribution in [3.8, 4) is 0 Å². The van der Waals surface area contributed by atoms with Crippen LogP contribution in [0, 0.1) is 5.92 Å². The van der Waals surface area contributed by atoms with Crippen LogP contribution in [0.4, 0.5) is 5.82 Å². The van der Waals surface area contributed by atoms with E-state index >= 15 is 0 Å². The molecule has 1 fully saturated rings. The predicted molar refractivity (Wildman–Crippen MR) is 66.9 cm³/mol. The molecule has 18 heavy (non-hydrogen) atoms. The number of rotatable bonds is 3. The van der Waals surface area contributed by atoms with Crippen molar-refractivity contribution in [1.29, 1.82) is 0 Å². The number of hydrogen-bond acceptors (Lipinski definition) is 3. The summed E-state index contributed by atoms with van der Waals surface area (Å²) >= 11 is 0. The van der Waals surface area contributed by atoms with Crippen LogP contribution in [0.1, 0.15) is 20.3 Å². The van der Waals surface area contributed by atoms with Gasteiger partial charge in [-0.25, -0.2) is 0 Å². The van der Waals surface area contributed by atoms with Crippen LogP contribution in [0.5, 0.6) is 0 Å². The van der Waals surface area contributed by atoms with Gasteiger partial charge in [-0.1, -0.05) is 13.8 Å². The van der Waals surface area contributed by atoms with Gasteiger partial charge in [0.1, 0.15) is 12.6 Å². The van der Waals surface area contributed by atoms with Crippen LogP contribution < -0.4 is 10.2 Å². The molecular formula is C12H18N4O2. The number of nitrogens with one attached hydrogen (secondary N) is 1. The fourth-order valence-electron chi connectivity index (χ4n) is 2.08. The van der Waals surface area contributed by atoms with E-state index in [2.05, 4.69) is 10.4 Å². The topological polar surface area (TPSA) is 67.2 Å². The lowest BCUT2D eigenvalue weighted by molar-refractivity contribution is -0.131. The fraction of sp³-hybridized carbons (Fsp3) is 0.583. The van der Waals surface area contributed by atoms with Gasteiger partial charge in [0, 0.05) is 19.3 Å². The second-order valence-corrected chi connectivity index (χ2v) is 5.02. The third-order valence-corrected chi connectivity index (χ3v) is 2.88. The Morgan fingerprint density at radius 2 is 2.22 bits per heavy atom. The van der Waals surface area contributed by atoms with E-state index in [0.29, 0.717) is 18.2 Å². The van der Waals surface area contributed by atoms with Crippen LogP contribution >= 0.6 is 0 Å². The summed E-state index contributed by atoms with van der Waals surface area (Å²) in [5.41, 5.74) is 0. The van der Waals surface area contributed by atoms with E-state index < -0.39 is 6.04 Å². The first-order valence-electron chi connectivity index (χ1n) is 6.07. The molecular weight excluding hydrogens is 232 g/mol. The molecule has 6 heteroatoms. The molecule has 0 spiro atoms. The molecule has 0 saturated carbocycles. The van der Waals surface area contributed by atoms with Crippen LogP contribution in [0.15, 0.2) is 12.3 Å². The van der Waals surface area contributed by atoms with E-state index in [9.17, 15) is 9.59 Å². The Morgan fingerprint density at radius 3 is 2.78 bits per heavy atom. The third-order valence-electron chi connectivity index (χ3n) is 2.88. The van der Waals surface area contributed by atoms with E-state index in [0.717, 1.165) is 0 Å². The quantitative estimate of drug-likeness (QED) is 0.839. The van der Waals surface area contributed by atoms with Crippen molar-refractivity contribution in [1.82, 2.24) is 15.1 Å². The maximum atomic E-state index is 12.3. The summed E-state index contributed by atoms with van der Waals surface area (Å²) in [5.74, 6) is 0.668. The van der Waals surface area contributed by atoms with Crippen LogP contribution in [0.3, 0.4) is 0 Å². The van der Waals surface area contributed by atoms with Crippen LogP contribution in [-0.2, 0) is 16.6 Å². The van der Waals surface area contributed by atoms with Gasteiger partial charge in [-0.05, 0) is 12.3 Å². The normalized spacial score (nSPS) is 20.4. The lowest BCUT2D eigenvalue weighted by Gasteiger charge is -2.31. The van der Waals surface area contributed by atoms with E-state index in [4.69, 9.17) is 0 Å². The zero-order valence-corrected chi connectivity index (χ0v) is 10.9. The average Bonchev–Trinajstić information content (AvgIpc) is 2.69. The van der Waals surface area contributed by atoms with E-state index in [1.165, 1.54) is 4.90 Å². The molecule has 2 amide bonds. The molecule has 1 N–H and O–H groups in total. The Labute approximate surface area is 106 Å². The highest BCUT2D eigenvalue weighted by molar-refractivity contribution is 6.05. The number of carbonyl (C=O) groups is 2. The summed E-state index contributed by atoms with van der Waals surface area (Å²) in [6.07, 6.45) is 2.40. The number of amides is 2. The number of aryl methyl sites for hydroxylation is 1. The molecule has 1 saturated heterocycles. The van der Waals surface area contributed by atoms with E-state index in [1.54, 1.807) is 24.0 Å². The molecule has 1 atom stereocenters. The number of anilines is 1. The molecule has 1 unspecified atom stereocenters. The SMILES string of the molecule is CC(C)CC1NC(=O)CN(c2ccn(C)n2)C1=O. The highest BCUT2D eigenvalue weighted by Crippen LogP contribution is 2.17. The van der Waals surface area contributed by atoms with Gasteiger partial charge in [0.15, 0.2) is 5.82 Å². The number of nitrogens with zero attached hydrogens (tertiary/aromatic N) is 3. The molecule has 98 valence electrons. The third kappa shape index (κ3) is 2.52. The van der Waals surface area contributed by atoms with Crippen molar-refractivity contribution in [2.45, 2.75) is 26.3 Å². The van der Waals surface area contributed by atoms with Crippen molar-refractivity contribution < 1.29 is 9.59 Å². The number of carbonyl (C=O) groups excluding carboxylic acids is 2. The molecule has 2 heterocycles. The summed E-state index contributed by atoms with van der Waals surface area (Å²) in [6, 6.07) is 1.30. The highest BCUT2D eigenvalue weighted by Gasteiger charge is 2.34. The Balaban J connectivity index is 2.20. The smallest absolute Gasteiger partial charge is 0.251 e. The predicted octanol–water partition coefficient (Wildman–Crippen LogP) is 0.298. The zero-order chi connectivity index (χ0) is 13.3. The number of hydrogen-bond donors (Lipinski definition) is 1. The summed E-state index contributed by atoms with van der Waals surface area (Å²) < 4.78 is 1.62. The molecule has 1 aromatic heterocycles. The Morgan fingerprint density at radius 1 is 1.50 bits per heavy atom. The van der Waals surface area contributed by atoms with Gasteiger partial charge in [-0.2, -0.15) is 5.10 Å². The van der Waals surface area contributed by atoms with Gasteiger partial charge in [-0.15, -0.1) is 0 Å². The van der Waals surface area contributed by atoms with Crippen LogP contribution in [-0.4, -0.2) is 34.2 Å². The first-order chi connectivity index (χ1) is 8.47. The Bertz CT molecular complexity index is 466. The largest absolute Gasteiger partial charge is 0.343 e. The van der Waals surface area contributed by atoms with Gasteiger partial charge in [0.05, 0.1) is 0 Å². The van der Waals surface area contributed by atoms with Gasteiger partial charge in [0.25, 0.3) is 5.91 Å². The van der Waals surface area contributed by atoms with Crippen molar-refractivity contribution in [2.75, 3.05) is 11.4 Å². The molecule has 2 rings (SSSR count). The van der Waals surface area contributed by atoms with Crippen LogP contribution in [0.25, 0.3) is 0 Å². The lowest BCUT2D eigenvalue weighted by Crippen LogP contribution is -2.58. The number of aromatic nitrogens is 2. The van der Waals surface area contributed by atoms with E-state index in [1.807, 2.05) is 13.8 Å². The highest BCUT2D eigenvalue weighted by atomic mass is 16.2. The molecule has 1 aliphatic heterocycles. The molecule has 1 aromatic rings. The maximum absolute atomic E-state index is 12.3. The molecule has 0 aromatic carbocycles. The van der Waals surface area contributed by atoms with Crippen molar-refractivity contribution in [3.05, 3.63) is 12.3 Å². The Kier molecular flexibility index (Phi) is 3.36. The molecule has 0 radical (unpaired) electrons. The van der Waals surface area contributed by atoms with Crippen LogP contribution in [0.2, 0.25) is 0 Å². The standard InChI is InChI=1S/C12H18N4O2/c1-8(2)6-9-12(18)16(7-11(17)13-9)10-4-5-15(3)14-10/h4-5,8-9H,6-7H2,1-3H3,(H,13,17). The monoisotopic (exact) mass is 250 g/mol. The number of piperazine rings is 1. The summed E-state index contributed by atoms with van der Waals surface area (Å²) in [4.78, 5) is 25.4. The minimum absolute atomic E-state index is 0.0461. The summed E-state index contributed by atoms with van der Waals surface area (Å²) in [7, 11) is 1.78. The van der Waals surface area contributed by atoms with E-state index in [-0.39, 0.29) is 18.4 Å². The summed E-state index contributed by atoms with van der Waals surface area (Å²) in [6.45, 7) is 4.10. The molecule has 0 bridgehead atoms. The first kappa shape index (κ1) is 12.6. The second kappa shape index (κ2) is 4.80. The summed E-state index contributed by atoms with van der Waals surface area (Å²) in [5, 5.41) is 6.91. The maximum Gasteiger partial charge on any atom is 0.251 e. The van der Waals surface area contributed by atoms with Crippen molar-refractivity contribution in [2.24, 2.45) is 13.0 Å². The first-order valence-corrected chi connectivity index (χ1v) is 6.07. The van der Waals surface area contributed by atoms with Gasteiger partial charge in [-0.3, -0.25) is 19.2 Å². The fourth-order valence-corrected chi connectivity index (χ4v) is 2.08.